The largest absolute Gasteiger partial charge is 0.493 e. The van der Waals surface area contributed by atoms with E-state index >= 15 is 0 Å². The number of rotatable bonds is 8. The van der Waals surface area contributed by atoms with Crippen LogP contribution in [0, 0.1) is 0 Å². The smallest absolute Gasteiger partial charge is 0.293 e. The lowest BCUT2D eigenvalue weighted by Gasteiger charge is -2.13. The summed E-state index contributed by atoms with van der Waals surface area (Å²) in [6, 6.07) is 29.7. The predicted molar refractivity (Wildman–Crippen MR) is 144 cm³/mol. The minimum Gasteiger partial charge on any atom is -0.493 e. The van der Waals surface area contributed by atoms with E-state index in [4.69, 9.17) is 9.47 Å². The van der Waals surface area contributed by atoms with Gasteiger partial charge in [0.05, 0.1) is 12.0 Å². The number of ether oxygens (including phenoxy) is 2. The molecule has 1 heterocycles. The van der Waals surface area contributed by atoms with Crippen LogP contribution in [0.3, 0.4) is 0 Å². The highest BCUT2D eigenvalue weighted by Gasteiger charge is 2.34. The van der Waals surface area contributed by atoms with Crippen molar-refractivity contribution in [3.8, 4) is 11.5 Å². The first-order valence-corrected chi connectivity index (χ1v) is 12.5. The lowest BCUT2D eigenvalue weighted by atomic mass is 10.1. The Morgan fingerprint density at radius 1 is 0.861 bits per heavy atom. The van der Waals surface area contributed by atoms with E-state index < -0.39 is 0 Å². The third-order valence-corrected chi connectivity index (χ3v) is 7.00. The van der Waals surface area contributed by atoms with E-state index in [2.05, 4.69) is 24.3 Å². The molecule has 36 heavy (non-hydrogen) atoms. The highest BCUT2D eigenvalue weighted by molar-refractivity contribution is 8.18. The molecule has 0 bridgehead atoms. The second-order valence-corrected chi connectivity index (χ2v) is 9.40. The van der Waals surface area contributed by atoms with Gasteiger partial charge in [-0.2, -0.15) is 0 Å². The molecule has 1 aliphatic heterocycles. The number of hydrogen-bond donors (Lipinski definition) is 0. The van der Waals surface area contributed by atoms with Crippen molar-refractivity contribution in [1.29, 1.82) is 0 Å². The molecule has 1 fully saturated rings. The summed E-state index contributed by atoms with van der Waals surface area (Å²) in [7, 11) is 1.58. The van der Waals surface area contributed by atoms with Gasteiger partial charge < -0.3 is 9.47 Å². The van der Waals surface area contributed by atoms with Gasteiger partial charge in [0.15, 0.2) is 11.5 Å². The van der Waals surface area contributed by atoms with Crippen LogP contribution >= 0.6 is 11.8 Å². The lowest BCUT2D eigenvalue weighted by molar-refractivity contribution is -0.122. The van der Waals surface area contributed by atoms with Crippen LogP contribution in [0.5, 0.6) is 11.5 Å². The first-order chi connectivity index (χ1) is 17.6. The number of methoxy groups -OCH3 is 1. The molecule has 180 valence electrons. The molecule has 4 aromatic rings. The number of imide groups is 1. The Kier molecular flexibility index (Phi) is 7.05. The van der Waals surface area contributed by atoms with E-state index in [1.54, 1.807) is 13.2 Å². The predicted octanol–water partition coefficient (Wildman–Crippen LogP) is 6.71. The van der Waals surface area contributed by atoms with Crippen LogP contribution in [-0.4, -0.2) is 29.7 Å². The quantitative estimate of drug-likeness (QED) is 0.254. The normalized spacial score (nSPS) is 14.6. The summed E-state index contributed by atoms with van der Waals surface area (Å²) in [6.07, 6.45) is 2.35. The van der Waals surface area contributed by atoms with Crippen LogP contribution in [0.2, 0.25) is 0 Å². The topological polar surface area (TPSA) is 55.8 Å². The van der Waals surface area contributed by atoms with Crippen LogP contribution in [0.25, 0.3) is 16.8 Å². The third kappa shape index (κ3) is 5.14. The van der Waals surface area contributed by atoms with Crippen LogP contribution in [0.1, 0.15) is 16.7 Å². The van der Waals surface area contributed by atoms with Crippen LogP contribution < -0.4 is 9.47 Å². The van der Waals surface area contributed by atoms with Gasteiger partial charge in [0, 0.05) is 6.54 Å². The minimum atomic E-state index is -0.267. The van der Waals surface area contributed by atoms with Crippen molar-refractivity contribution in [2.24, 2.45) is 0 Å². The highest BCUT2D eigenvalue weighted by atomic mass is 32.2. The molecule has 2 amide bonds. The van der Waals surface area contributed by atoms with Gasteiger partial charge in [0.1, 0.15) is 6.61 Å². The summed E-state index contributed by atoms with van der Waals surface area (Å²) in [5, 5.41) is 2.07. The molecule has 0 radical (unpaired) electrons. The van der Waals surface area contributed by atoms with Gasteiger partial charge in [-0.15, -0.1) is 0 Å². The number of amides is 2. The lowest BCUT2D eigenvalue weighted by Crippen LogP contribution is -2.30. The van der Waals surface area contributed by atoms with Gasteiger partial charge in [0.25, 0.3) is 11.1 Å². The van der Waals surface area contributed by atoms with E-state index in [-0.39, 0.29) is 11.1 Å². The average Bonchev–Trinajstić information content (AvgIpc) is 3.18. The van der Waals surface area contributed by atoms with Crippen LogP contribution in [0.15, 0.2) is 95.9 Å². The Morgan fingerprint density at radius 2 is 1.64 bits per heavy atom. The number of fused-ring (bicyclic) bond motifs is 1. The van der Waals surface area contributed by atoms with Crippen molar-refractivity contribution in [3.05, 3.63) is 113 Å². The number of carbonyl (C=O) groups is 2. The summed E-state index contributed by atoms with van der Waals surface area (Å²) in [5.41, 5.74) is 2.94. The van der Waals surface area contributed by atoms with Crippen molar-refractivity contribution in [3.63, 3.8) is 0 Å². The molecule has 0 aliphatic carbocycles. The fourth-order valence-electron chi connectivity index (χ4n) is 4.20. The zero-order chi connectivity index (χ0) is 24.9. The van der Waals surface area contributed by atoms with Gasteiger partial charge in [-0.3, -0.25) is 14.5 Å². The molecule has 0 unspecified atom stereocenters. The zero-order valence-corrected chi connectivity index (χ0v) is 20.7. The molecule has 1 aliphatic rings. The summed E-state index contributed by atoms with van der Waals surface area (Å²) < 4.78 is 11.7. The van der Waals surface area contributed by atoms with Gasteiger partial charge in [-0.05, 0) is 63.9 Å². The van der Waals surface area contributed by atoms with Gasteiger partial charge in [0.2, 0.25) is 0 Å². The molecule has 5 rings (SSSR count). The maximum Gasteiger partial charge on any atom is 0.293 e. The first kappa shape index (κ1) is 23.7. The van der Waals surface area contributed by atoms with Crippen molar-refractivity contribution in [2.75, 3.05) is 13.7 Å². The molecule has 1 saturated heterocycles. The summed E-state index contributed by atoms with van der Waals surface area (Å²) in [5.74, 6) is 0.905. The SMILES string of the molecule is COc1cc(/C=C2\SC(=O)N(CCc3ccccc3)C2=O)ccc1OCc1cccc2ccccc12. The molecule has 4 aromatic carbocycles. The molecule has 0 saturated carbocycles. The highest BCUT2D eigenvalue weighted by Crippen LogP contribution is 2.35. The van der Waals surface area contributed by atoms with E-state index in [0.717, 1.165) is 33.8 Å². The van der Waals surface area contributed by atoms with E-state index in [9.17, 15) is 9.59 Å². The molecule has 0 spiro atoms. The fourth-order valence-corrected chi connectivity index (χ4v) is 5.06. The fraction of sp³-hybridized carbons (Fsp3) is 0.133. The Morgan fingerprint density at radius 3 is 2.47 bits per heavy atom. The van der Waals surface area contributed by atoms with Crippen molar-refractivity contribution in [1.82, 2.24) is 4.90 Å². The van der Waals surface area contributed by atoms with E-state index in [0.29, 0.717) is 36.0 Å². The Bertz CT molecular complexity index is 1440. The van der Waals surface area contributed by atoms with Gasteiger partial charge in [-0.25, -0.2) is 0 Å². The second-order valence-electron chi connectivity index (χ2n) is 8.41. The van der Waals surface area contributed by atoms with E-state index in [1.165, 1.54) is 10.3 Å². The molecular formula is C30H25NO4S. The monoisotopic (exact) mass is 495 g/mol. The number of nitrogens with zero attached hydrogens (tertiary/aromatic N) is 1. The third-order valence-electron chi connectivity index (χ3n) is 6.09. The van der Waals surface area contributed by atoms with Crippen LogP contribution in [0.4, 0.5) is 4.79 Å². The molecular weight excluding hydrogens is 470 g/mol. The van der Waals surface area contributed by atoms with Crippen molar-refractivity contribution >= 4 is 39.8 Å². The first-order valence-electron chi connectivity index (χ1n) is 11.7. The molecule has 5 nitrogen and oxygen atoms in total. The summed E-state index contributed by atoms with van der Waals surface area (Å²) in [4.78, 5) is 27.1. The molecule has 6 heteroatoms. The molecule has 0 aromatic heterocycles. The molecule has 0 N–H and O–H groups in total. The maximum absolute atomic E-state index is 12.9. The van der Waals surface area contributed by atoms with E-state index in [1.807, 2.05) is 66.7 Å². The maximum atomic E-state index is 12.9. The van der Waals surface area contributed by atoms with Gasteiger partial charge in [-0.1, -0.05) is 78.9 Å². The number of benzene rings is 4. The Labute approximate surface area is 214 Å². The Balaban J connectivity index is 1.29. The number of hydrogen-bond acceptors (Lipinski definition) is 5. The average molecular weight is 496 g/mol. The summed E-state index contributed by atoms with van der Waals surface area (Å²) >= 11 is 0.965. The molecule has 0 atom stereocenters. The Hall–Kier alpha value is -4.03. The number of thioether (sulfide) groups is 1. The van der Waals surface area contributed by atoms with Crippen molar-refractivity contribution < 1.29 is 19.1 Å². The van der Waals surface area contributed by atoms with Crippen molar-refractivity contribution in [2.45, 2.75) is 13.0 Å². The zero-order valence-electron chi connectivity index (χ0n) is 19.8. The standard InChI is InChI=1S/C30H25NO4S/c1-34-27-18-22(14-15-26(27)35-20-24-12-7-11-23-10-5-6-13-25(23)24)19-28-29(32)31(30(33)36-28)17-16-21-8-3-2-4-9-21/h2-15,18-19H,16-17,20H2,1H3/b28-19-. The second kappa shape index (κ2) is 10.7. The van der Waals surface area contributed by atoms with Gasteiger partial charge >= 0.3 is 0 Å². The summed E-state index contributed by atoms with van der Waals surface area (Å²) in [6.45, 7) is 0.758. The van der Waals surface area contributed by atoms with Crippen LogP contribution in [-0.2, 0) is 17.8 Å². The number of carbonyl (C=O) groups excluding carboxylic acids is 2. The minimum absolute atomic E-state index is 0.246.